The second-order valence-corrected chi connectivity index (χ2v) is 4.59. The number of carboxylic acids is 1. The summed E-state index contributed by atoms with van der Waals surface area (Å²) >= 11 is 4.14. The van der Waals surface area contributed by atoms with Crippen LogP contribution in [0.5, 0.6) is 0 Å². The summed E-state index contributed by atoms with van der Waals surface area (Å²) < 4.78 is 5.19. The average Bonchev–Trinajstić information content (AvgIpc) is 2.65. The summed E-state index contributed by atoms with van der Waals surface area (Å²) in [6.45, 7) is 0. The standard InChI is InChI=1S/C7H6N4O2S2.Na/c12-7(13)5-1-3-6(4-2-5)11-9-8-10-15(11)14;/h1-4H,(H,12,13)(H,9,10,14);/q;+1/p-1. The summed E-state index contributed by atoms with van der Waals surface area (Å²) in [6.07, 6.45) is 0. The van der Waals surface area contributed by atoms with Crippen molar-refractivity contribution < 1.29 is 39.5 Å². The van der Waals surface area contributed by atoms with Gasteiger partial charge >= 0.3 is 29.6 Å². The summed E-state index contributed by atoms with van der Waals surface area (Å²) in [4.78, 5) is 10.5. The molecule has 1 aliphatic heterocycles. The first kappa shape index (κ1) is 13.7. The molecule has 6 nitrogen and oxygen atoms in total. The molecule has 2 rings (SSSR count). The van der Waals surface area contributed by atoms with Crippen LogP contribution in [0.15, 0.2) is 39.2 Å². The van der Waals surface area contributed by atoms with Crippen LogP contribution in [0, 0.1) is 0 Å². The number of benzene rings is 1. The van der Waals surface area contributed by atoms with Gasteiger partial charge in [-0.05, 0) is 28.1 Å². The summed E-state index contributed by atoms with van der Waals surface area (Å²) in [5.41, 5.74) is 0.800. The normalized spacial score (nSPS) is 17.8. The van der Waals surface area contributed by atoms with Gasteiger partial charge in [-0.2, -0.15) is 4.41 Å². The van der Waals surface area contributed by atoms with Crippen LogP contribution in [0.4, 0.5) is 5.69 Å². The van der Waals surface area contributed by atoms with Gasteiger partial charge in [0.1, 0.15) is 9.91 Å². The van der Waals surface area contributed by atoms with Crippen molar-refractivity contribution in [2.24, 2.45) is 14.9 Å². The molecule has 1 aliphatic rings. The number of carbonyl (C=O) groups is 1. The first-order valence-corrected chi connectivity index (χ1v) is 6.04. The molecule has 1 aromatic rings. The predicted molar refractivity (Wildman–Crippen MR) is 56.9 cm³/mol. The summed E-state index contributed by atoms with van der Waals surface area (Å²) in [5, 5.41) is 17.7. The number of aromatic carboxylic acids is 1. The van der Waals surface area contributed by atoms with Gasteiger partial charge in [-0.25, -0.2) is 0 Å². The Balaban J connectivity index is 0.00000128. The molecule has 0 radical (unpaired) electrons. The molecule has 0 spiro atoms. The van der Waals surface area contributed by atoms with Crippen LogP contribution in [0.1, 0.15) is 10.4 Å². The Labute approximate surface area is 121 Å². The van der Waals surface area contributed by atoms with E-state index in [0.29, 0.717) is 5.69 Å². The van der Waals surface area contributed by atoms with Gasteiger partial charge in [0.05, 0.1) is 11.7 Å². The van der Waals surface area contributed by atoms with E-state index < -0.39 is 15.9 Å². The third-order valence-corrected chi connectivity index (χ3v) is 3.20. The Kier molecular flexibility index (Phi) is 4.93. The van der Waals surface area contributed by atoms with Crippen LogP contribution in [-0.2, 0) is 9.91 Å². The zero-order valence-corrected chi connectivity index (χ0v) is 12.0. The zero-order chi connectivity index (χ0) is 10.8. The van der Waals surface area contributed by atoms with Crippen LogP contribution in [0.2, 0.25) is 0 Å². The first-order chi connectivity index (χ1) is 7.18. The van der Waals surface area contributed by atoms with Gasteiger partial charge in [-0.3, -0.25) is 0 Å². The third kappa shape index (κ3) is 2.83. The van der Waals surface area contributed by atoms with Crippen LogP contribution in [-0.4, -0.2) is 5.97 Å². The molecule has 0 N–H and O–H groups in total. The van der Waals surface area contributed by atoms with Gasteiger partial charge < -0.3 is 9.90 Å². The maximum absolute atomic E-state index is 10.5. The van der Waals surface area contributed by atoms with Crippen LogP contribution in [0.25, 0.3) is 0 Å². The summed E-state index contributed by atoms with van der Waals surface area (Å²) in [7, 11) is -0.723. The molecule has 1 aromatic carbocycles. The van der Waals surface area contributed by atoms with E-state index in [9.17, 15) is 9.90 Å². The maximum Gasteiger partial charge on any atom is 1.00 e. The fraction of sp³-hybridized carbons (Fsp3) is 0. The minimum absolute atomic E-state index is 0. The number of hydrogen-bond acceptors (Lipinski definition) is 6. The van der Waals surface area contributed by atoms with Crippen LogP contribution in [0.3, 0.4) is 0 Å². The van der Waals surface area contributed by atoms with E-state index in [1.54, 1.807) is 12.1 Å². The zero-order valence-electron chi connectivity index (χ0n) is 8.27. The van der Waals surface area contributed by atoms with Crippen molar-refractivity contribution in [2.45, 2.75) is 0 Å². The molecular weight excluding hydrogens is 259 g/mol. The van der Waals surface area contributed by atoms with E-state index in [0.717, 1.165) is 0 Å². The molecule has 0 aromatic heterocycles. The quantitative estimate of drug-likeness (QED) is 0.371. The van der Waals surface area contributed by atoms with Crippen molar-refractivity contribution in [1.29, 1.82) is 0 Å². The van der Waals surface area contributed by atoms with E-state index in [4.69, 9.17) is 0 Å². The first-order valence-electron chi connectivity index (χ1n) is 3.85. The fourth-order valence-corrected chi connectivity index (χ4v) is 2.08. The molecule has 0 saturated carbocycles. The van der Waals surface area contributed by atoms with Crippen molar-refractivity contribution in [3.63, 3.8) is 0 Å². The van der Waals surface area contributed by atoms with Crippen molar-refractivity contribution in [3.8, 4) is 0 Å². The second kappa shape index (κ2) is 5.78. The Morgan fingerprint density at radius 1 is 1.38 bits per heavy atom. The van der Waals surface area contributed by atoms with Gasteiger partial charge in [0.15, 0.2) is 0 Å². The Hall–Kier alpha value is -0.410. The largest absolute Gasteiger partial charge is 1.00 e. The monoisotopic (exact) mass is 264 g/mol. The number of hydrogen-bond donors (Lipinski definition) is 1. The maximum atomic E-state index is 10.5. The molecule has 0 fully saturated rings. The minimum Gasteiger partial charge on any atom is -0.545 e. The summed E-state index contributed by atoms with van der Waals surface area (Å²) in [6, 6.07) is 6.06. The van der Waals surface area contributed by atoms with E-state index in [2.05, 4.69) is 26.6 Å². The number of rotatable bonds is 2. The minimum atomic E-state index is -1.21. The molecular formula is C7H5N4NaO2S2. The van der Waals surface area contributed by atoms with E-state index in [1.165, 1.54) is 16.5 Å². The summed E-state index contributed by atoms with van der Waals surface area (Å²) in [5.74, 6) is -1.21. The predicted octanol–water partition coefficient (Wildman–Crippen LogP) is -2.28. The van der Waals surface area contributed by atoms with Gasteiger partial charge in [0, 0.05) is 0 Å². The average molecular weight is 264 g/mol. The van der Waals surface area contributed by atoms with Crippen LogP contribution >= 0.6 is 11.7 Å². The molecule has 0 bridgehead atoms. The third-order valence-electron chi connectivity index (χ3n) is 1.71. The number of carboxylic acid groups (broad SMARTS) is 1. The fourth-order valence-electron chi connectivity index (χ4n) is 1.02. The molecule has 9 heteroatoms. The Bertz CT molecular complexity index is 462. The smallest absolute Gasteiger partial charge is 0.545 e. The van der Waals surface area contributed by atoms with E-state index in [-0.39, 0.29) is 35.1 Å². The SMILES string of the molecule is O=C([O-])c1ccc(N2N=NN=S2S)cc1.[Na+]. The molecule has 1 heterocycles. The number of carbonyl (C=O) groups excluding carboxylic acids is 1. The Morgan fingerprint density at radius 2 is 2.00 bits per heavy atom. The van der Waals surface area contributed by atoms with Crippen molar-refractivity contribution in [1.82, 2.24) is 0 Å². The molecule has 0 saturated heterocycles. The van der Waals surface area contributed by atoms with E-state index in [1.807, 2.05) is 0 Å². The topological polar surface area (TPSA) is 80.5 Å². The van der Waals surface area contributed by atoms with E-state index >= 15 is 0 Å². The van der Waals surface area contributed by atoms with Crippen molar-refractivity contribution in [3.05, 3.63) is 29.8 Å². The second-order valence-electron chi connectivity index (χ2n) is 2.61. The number of thiol groups is 1. The molecule has 78 valence electrons. The number of nitrogens with zero attached hydrogens (tertiary/aromatic N) is 4. The molecule has 0 aliphatic carbocycles. The molecule has 0 amide bonds. The van der Waals surface area contributed by atoms with Gasteiger partial charge in [-0.1, -0.05) is 28.3 Å². The van der Waals surface area contributed by atoms with Gasteiger partial charge in [-0.15, -0.1) is 0 Å². The van der Waals surface area contributed by atoms with Crippen LogP contribution < -0.4 is 39.1 Å². The van der Waals surface area contributed by atoms with Gasteiger partial charge in [0.2, 0.25) is 0 Å². The van der Waals surface area contributed by atoms with Gasteiger partial charge in [0.25, 0.3) is 0 Å². The number of anilines is 1. The van der Waals surface area contributed by atoms with Crippen molar-refractivity contribution >= 4 is 33.2 Å². The van der Waals surface area contributed by atoms with Crippen molar-refractivity contribution in [2.75, 3.05) is 4.41 Å². The molecule has 1 unspecified atom stereocenters. The molecule has 1 atom stereocenters. The molecule has 16 heavy (non-hydrogen) atoms. The Morgan fingerprint density at radius 3 is 2.44 bits per heavy atom.